The topological polar surface area (TPSA) is 96.0 Å². The Morgan fingerprint density at radius 3 is 2.65 bits per heavy atom. The minimum atomic E-state index is -0.640. The van der Waals surface area contributed by atoms with Crippen LogP contribution in [0.4, 0.5) is 0 Å². The van der Waals surface area contributed by atoms with Crippen molar-refractivity contribution in [2.24, 2.45) is 0 Å². The highest BCUT2D eigenvalue weighted by Gasteiger charge is 2.39. The zero-order chi connectivity index (χ0) is 27.6. The summed E-state index contributed by atoms with van der Waals surface area (Å²) in [5.41, 5.74) is 2.52. The van der Waals surface area contributed by atoms with E-state index in [2.05, 4.69) is 35.6 Å². The standard InChI is InChI=1S/C32H33N3O5/c36-29-14-13-28(31(38)33-29)35-19-24-18-26(11-12-27(24)32(35)39)40-20-25-7-3-4-16-34(25)30(37)15-9-21-8-10-22-5-1-2-6-23(22)17-21/h1-2,5-6,8,10-12,17-18,25,28H,3-4,7,9,13-16,19-20H2,(H,33,36,38)/t25-,28?/m0/s1. The summed E-state index contributed by atoms with van der Waals surface area (Å²) in [6, 6.07) is 19.4. The molecule has 2 fully saturated rings. The maximum absolute atomic E-state index is 13.3. The van der Waals surface area contributed by atoms with Gasteiger partial charge in [0.1, 0.15) is 18.4 Å². The Bertz CT molecular complexity index is 1480. The molecular weight excluding hydrogens is 506 g/mol. The van der Waals surface area contributed by atoms with E-state index in [0.29, 0.717) is 43.7 Å². The predicted octanol–water partition coefficient (Wildman–Crippen LogP) is 3.99. The van der Waals surface area contributed by atoms with E-state index in [1.807, 2.05) is 23.1 Å². The zero-order valence-corrected chi connectivity index (χ0v) is 22.4. The summed E-state index contributed by atoms with van der Waals surface area (Å²) in [7, 11) is 0. The predicted molar refractivity (Wildman–Crippen MR) is 150 cm³/mol. The van der Waals surface area contributed by atoms with Crippen LogP contribution in [0.15, 0.2) is 60.7 Å². The van der Waals surface area contributed by atoms with E-state index in [1.54, 1.807) is 12.1 Å². The summed E-state index contributed by atoms with van der Waals surface area (Å²) in [6.07, 6.45) is 4.68. The molecule has 3 aliphatic heterocycles. The second-order valence-electron chi connectivity index (χ2n) is 10.9. The number of fused-ring (bicyclic) bond motifs is 2. The first-order valence-corrected chi connectivity index (χ1v) is 14.1. The van der Waals surface area contributed by atoms with Gasteiger partial charge in [0.05, 0.1) is 6.04 Å². The number of piperidine rings is 2. The van der Waals surface area contributed by atoms with Crippen LogP contribution in [0.5, 0.6) is 5.75 Å². The number of likely N-dealkylation sites (tertiary alicyclic amines) is 1. The third-order valence-corrected chi connectivity index (χ3v) is 8.33. The molecule has 3 aromatic rings. The van der Waals surface area contributed by atoms with Crippen LogP contribution in [0.2, 0.25) is 0 Å². The summed E-state index contributed by atoms with van der Waals surface area (Å²) < 4.78 is 6.17. The number of hydrogen-bond donors (Lipinski definition) is 1. The molecule has 3 aromatic carbocycles. The molecule has 40 heavy (non-hydrogen) atoms. The Labute approximate surface area is 233 Å². The first-order chi connectivity index (χ1) is 19.5. The molecule has 1 unspecified atom stereocenters. The maximum Gasteiger partial charge on any atom is 0.255 e. The Hall–Kier alpha value is -4.20. The second-order valence-corrected chi connectivity index (χ2v) is 10.9. The van der Waals surface area contributed by atoms with Gasteiger partial charge >= 0.3 is 0 Å². The molecule has 0 bridgehead atoms. The van der Waals surface area contributed by atoms with Gasteiger partial charge in [0.25, 0.3) is 5.91 Å². The van der Waals surface area contributed by atoms with Crippen molar-refractivity contribution in [3.63, 3.8) is 0 Å². The normalized spacial score (nSPS) is 20.9. The number of benzene rings is 3. The zero-order valence-electron chi connectivity index (χ0n) is 22.4. The van der Waals surface area contributed by atoms with Crippen LogP contribution in [0.3, 0.4) is 0 Å². The number of imide groups is 1. The SMILES string of the molecule is O=C1CCC(N2Cc3cc(OC[C@@H]4CCCCN4C(=O)CCc4ccc5ccccc5c4)ccc3C2=O)C(=O)N1. The van der Waals surface area contributed by atoms with Crippen molar-refractivity contribution >= 4 is 34.4 Å². The van der Waals surface area contributed by atoms with Crippen LogP contribution in [-0.2, 0) is 27.3 Å². The number of aryl methyl sites for hydroxylation is 1. The van der Waals surface area contributed by atoms with Gasteiger partial charge in [0.15, 0.2) is 0 Å². The molecule has 206 valence electrons. The molecular formula is C32H33N3O5. The molecule has 0 spiro atoms. The van der Waals surface area contributed by atoms with E-state index in [-0.39, 0.29) is 30.2 Å². The lowest BCUT2D eigenvalue weighted by atomic mass is 10.0. The van der Waals surface area contributed by atoms with Gasteiger partial charge in [-0.15, -0.1) is 0 Å². The second kappa shape index (κ2) is 11.1. The van der Waals surface area contributed by atoms with Gasteiger partial charge in [-0.2, -0.15) is 0 Å². The van der Waals surface area contributed by atoms with Crippen LogP contribution in [0.1, 0.15) is 60.0 Å². The molecule has 3 aliphatic rings. The van der Waals surface area contributed by atoms with Crippen molar-refractivity contribution in [1.29, 1.82) is 0 Å². The van der Waals surface area contributed by atoms with Gasteiger partial charge in [-0.3, -0.25) is 24.5 Å². The molecule has 6 rings (SSSR count). The summed E-state index contributed by atoms with van der Waals surface area (Å²) in [4.78, 5) is 53.6. The molecule has 0 saturated carbocycles. The summed E-state index contributed by atoms with van der Waals surface area (Å²) in [6.45, 7) is 1.44. The highest BCUT2D eigenvalue weighted by Crippen LogP contribution is 2.31. The quantitative estimate of drug-likeness (QED) is 0.458. The minimum Gasteiger partial charge on any atom is -0.491 e. The molecule has 1 N–H and O–H groups in total. The minimum absolute atomic E-state index is 0.00714. The lowest BCUT2D eigenvalue weighted by Gasteiger charge is -2.35. The molecule has 8 heteroatoms. The van der Waals surface area contributed by atoms with Gasteiger partial charge in [0, 0.05) is 31.5 Å². The monoisotopic (exact) mass is 539 g/mol. The molecule has 0 radical (unpaired) electrons. The van der Waals surface area contributed by atoms with E-state index in [0.717, 1.165) is 36.9 Å². The molecule has 8 nitrogen and oxygen atoms in total. The van der Waals surface area contributed by atoms with Crippen molar-refractivity contribution in [2.75, 3.05) is 13.2 Å². The van der Waals surface area contributed by atoms with Gasteiger partial charge in [-0.05, 0) is 72.2 Å². The van der Waals surface area contributed by atoms with Gasteiger partial charge in [0.2, 0.25) is 17.7 Å². The largest absolute Gasteiger partial charge is 0.491 e. The van der Waals surface area contributed by atoms with E-state index in [1.165, 1.54) is 15.7 Å². The maximum atomic E-state index is 13.3. The highest BCUT2D eigenvalue weighted by atomic mass is 16.5. The smallest absolute Gasteiger partial charge is 0.255 e. The molecule has 3 heterocycles. The van der Waals surface area contributed by atoms with Crippen LogP contribution in [0.25, 0.3) is 10.8 Å². The number of nitrogens with one attached hydrogen (secondary N) is 1. The molecule has 0 aromatic heterocycles. The van der Waals surface area contributed by atoms with E-state index < -0.39 is 11.9 Å². The van der Waals surface area contributed by atoms with Crippen molar-refractivity contribution in [2.45, 2.75) is 63.6 Å². The van der Waals surface area contributed by atoms with Crippen LogP contribution < -0.4 is 10.1 Å². The first kappa shape index (κ1) is 26.0. The van der Waals surface area contributed by atoms with Crippen LogP contribution >= 0.6 is 0 Å². The highest BCUT2D eigenvalue weighted by molar-refractivity contribution is 6.05. The number of carbonyl (C=O) groups excluding carboxylic acids is 4. The summed E-state index contributed by atoms with van der Waals surface area (Å²) in [5, 5.41) is 4.72. The number of hydrogen-bond acceptors (Lipinski definition) is 5. The van der Waals surface area contributed by atoms with Crippen molar-refractivity contribution in [3.05, 3.63) is 77.4 Å². The lowest BCUT2D eigenvalue weighted by molar-refractivity contribution is -0.137. The first-order valence-electron chi connectivity index (χ1n) is 14.1. The Morgan fingerprint density at radius 1 is 0.950 bits per heavy atom. The van der Waals surface area contributed by atoms with Crippen molar-refractivity contribution in [1.82, 2.24) is 15.1 Å². The number of nitrogens with zero attached hydrogens (tertiary/aromatic N) is 2. The summed E-state index contributed by atoms with van der Waals surface area (Å²) >= 11 is 0. The molecule has 2 saturated heterocycles. The fourth-order valence-corrected chi connectivity index (χ4v) is 6.12. The van der Waals surface area contributed by atoms with Gasteiger partial charge < -0.3 is 14.5 Å². The third-order valence-electron chi connectivity index (χ3n) is 8.33. The number of amides is 4. The van der Waals surface area contributed by atoms with Crippen LogP contribution in [-0.4, -0.2) is 58.7 Å². The molecule has 2 atom stereocenters. The number of carbonyl (C=O) groups is 4. The average molecular weight is 540 g/mol. The lowest BCUT2D eigenvalue weighted by Crippen LogP contribution is -2.52. The number of ether oxygens (including phenoxy) is 1. The Balaban J connectivity index is 1.06. The van der Waals surface area contributed by atoms with Crippen LogP contribution in [0, 0.1) is 0 Å². The van der Waals surface area contributed by atoms with E-state index in [4.69, 9.17) is 4.74 Å². The van der Waals surface area contributed by atoms with E-state index in [9.17, 15) is 19.2 Å². The Kier molecular flexibility index (Phi) is 7.24. The molecule has 4 amide bonds. The molecule has 0 aliphatic carbocycles. The fourth-order valence-electron chi connectivity index (χ4n) is 6.12. The van der Waals surface area contributed by atoms with E-state index >= 15 is 0 Å². The number of rotatable bonds is 7. The van der Waals surface area contributed by atoms with Crippen molar-refractivity contribution < 1.29 is 23.9 Å². The Morgan fingerprint density at radius 2 is 1.80 bits per heavy atom. The van der Waals surface area contributed by atoms with Gasteiger partial charge in [-0.1, -0.05) is 42.5 Å². The summed E-state index contributed by atoms with van der Waals surface area (Å²) in [5.74, 6) is -0.125. The van der Waals surface area contributed by atoms with Gasteiger partial charge in [-0.25, -0.2) is 0 Å². The third kappa shape index (κ3) is 5.30. The van der Waals surface area contributed by atoms with Crippen molar-refractivity contribution in [3.8, 4) is 5.75 Å². The average Bonchev–Trinajstić information content (AvgIpc) is 3.30. The fraction of sp³-hybridized carbons (Fsp3) is 0.375.